The molecule has 0 saturated carbocycles. The van der Waals surface area contributed by atoms with Gasteiger partial charge in [-0.3, -0.25) is 4.79 Å². The van der Waals surface area contributed by atoms with Crippen LogP contribution >= 0.6 is 0 Å². The molecule has 1 rings (SSSR count). The number of nitrogens with two attached hydrogens (primary N) is 1. The summed E-state index contributed by atoms with van der Waals surface area (Å²) < 4.78 is 0. The monoisotopic (exact) mass is 248 g/mol. The first kappa shape index (κ1) is 14.3. The molecule has 1 aromatic rings. The Balaban J connectivity index is 2.54. The molecule has 2 unspecified atom stereocenters. The molecule has 0 fully saturated rings. The van der Waals surface area contributed by atoms with Crippen molar-refractivity contribution in [3.8, 4) is 0 Å². The van der Waals surface area contributed by atoms with E-state index >= 15 is 0 Å². The minimum Gasteiger partial charge on any atom is -0.399 e. The summed E-state index contributed by atoms with van der Waals surface area (Å²) in [6, 6.07) is 7.24. The standard InChI is InChI=1S/C14H20N2O2/c1-10(9-17)11(2)16-14(18)7-6-12-4-3-5-13(15)8-12/h3-8,10-11,17H,9,15H2,1-2H3,(H,16,18)/b7-6+. The Hall–Kier alpha value is -1.81. The summed E-state index contributed by atoms with van der Waals surface area (Å²) in [5.74, 6) is -0.139. The Labute approximate surface area is 108 Å². The molecule has 4 heteroatoms. The summed E-state index contributed by atoms with van der Waals surface area (Å²) in [6.07, 6.45) is 3.18. The van der Waals surface area contributed by atoms with E-state index in [1.54, 1.807) is 18.2 Å². The highest BCUT2D eigenvalue weighted by atomic mass is 16.3. The highest BCUT2D eigenvalue weighted by molar-refractivity contribution is 5.92. The summed E-state index contributed by atoms with van der Waals surface area (Å²) in [5, 5.41) is 11.8. The number of hydrogen-bond donors (Lipinski definition) is 3. The van der Waals surface area contributed by atoms with Gasteiger partial charge in [0, 0.05) is 24.4 Å². The first-order valence-electron chi connectivity index (χ1n) is 5.98. The maximum absolute atomic E-state index is 11.6. The third kappa shape index (κ3) is 4.59. The van der Waals surface area contributed by atoms with Gasteiger partial charge in [-0.2, -0.15) is 0 Å². The number of nitrogens with one attached hydrogen (secondary N) is 1. The molecule has 0 aliphatic carbocycles. The molecule has 2 atom stereocenters. The number of carbonyl (C=O) groups is 1. The van der Waals surface area contributed by atoms with Crippen molar-refractivity contribution in [3.05, 3.63) is 35.9 Å². The number of hydrogen-bond acceptors (Lipinski definition) is 3. The van der Waals surface area contributed by atoms with Crippen molar-refractivity contribution in [2.75, 3.05) is 12.3 Å². The molecule has 0 bridgehead atoms. The van der Waals surface area contributed by atoms with E-state index in [1.165, 1.54) is 6.08 Å². The molecule has 18 heavy (non-hydrogen) atoms. The molecule has 0 aromatic heterocycles. The van der Waals surface area contributed by atoms with Gasteiger partial charge >= 0.3 is 0 Å². The van der Waals surface area contributed by atoms with Crippen LogP contribution in [0.4, 0.5) is 5.69 Å². The van der Waals surface area contributed by atoms with Crippen molar-refractivity contribution in [2.24, 2.45) is 5.92 Å². The lowest BCUT2D eigenvalue weighted by molar-refractivity contribution is -0.117. The highest BCUT2D eigenvalue weighted by Crippen LogP contribution is 2.08. The van der Waals surface area contributed by atoms with Gasteiger partial charge in [0.2, 0.25) is 5.91 Å². The zero-order valence-electron chi connectivity index (χ0n) is 10.8. The van der Waals surface area contributed by atoms with Crippen molar-refractivity contribution in [1.82, 2.24) is 5.32 Å². The first-order valence-corrected chi connectivity index (χ1v) is 5.98. The van der Waals surface area contributed by atoms with E-state index in [0.29, 0.717) is 5.69 Å². The number of aliphatic hydroxyl groups excluding tert-OH is 1. The molecule has 0 heterocycles. The summed E-state index contributed by atoms with van der Waals surface area (Å²) in [7, 11) is 0. The minimum absolute atomic E-state index is 0.0368. The van der Waals surface area contributed by atoms with Crippen LogP contribution < -0.4 is 11.1 Å². The third-order valence-corrected chi connectivity index (χ3v) is 2.85. The summed E-state index contributed by atoms with van der Waals surface area (Å²) in [6.45, 7) is 3.81. The van der Waals surface area contributed by atoms with Crippen molar-refractivity contribution >= 4 is 17.7 Å². The van der Waals surface area contributed by atoms with E-state index in [2.05, 4.69) is 5.32 Å². The molecule has 0 spiro atoms. The number of benzene rings is 1. The normalized spacial score (nSPS) is 14.4. The second-order valence-corrected chi connectivity index (χ2v) is 4.46. The molecule has 4 N–H and O–H groups in total. The number of anilines is 1. The number of amides is 1. The van der Waals surface area contributed by atoms with E-state index in [0.717, 1.165) is 5.56 Å². The van der Waals surface area contributed by atoms with Crippen LogP contribution in [0.3, 0.4) is 0 Å². The van der Waals surface area contributed by atoms with Crippen LogP contribution in [0, 0.1) is 5.92 Å². The van der Waals surface area contributed by atoms with Crippen LogP contribution in [0.2, 0.25) is 0 Å². The number of aliphatic hydroxyl groups is 1. The van der Waals surface area contributed by atoms with Gasteiger partial charge in [-0.25, -0.2) is 0 Å². The Morgan fingerprint density at radius 2 is 2.22 bits per heavy atom. The molecule has 98 valence electrons. The van der Waals surface area contributed by atoms with Crippen molar-refractivity contribution in [3.63, 3.8) is 0 Å². The van der Waals surface area contributed by atoms with Crippen molar-refractivity contribution < 1.29 is 9.90 Å². The first-order chi connectivity index (χ1) is 8.52. The van der Waals surface area contributed by atoms with Gasteiger partial charge in [0.25, 0.3) is 0 Å². The smallest absolute Gasteiger partial charge is 0.244 e. The van der Waals surface area contributed by atoms with Gasteiger partial charge in [0.15, 0.2) is 0 Å². The van der Waals surface area contributed by atoms with Gasteiger partial charge in [0.05, 0.1) is 0 Å². The average molecular weight is 248 g/mol. The molecule has 1 aromatic carbocycles. The zero-order valence-corrected chi connectivity index (χ0v) is 10.8. The molecule has 0 radical (unpaired) electrons. The Morgan fingerprint density at radius 3 is 2.83 bits per heavy atom. The van der Waals surface area contributed by atoms with E-state index in [9.17, 15) is 4.79 Å². The van der Waals surface area contributed by atoms with Gasteiger partial charge in [0.1, 0.15) is 0 Å². The SMILES string of the molecule is CC(CO)C(C)NC(=O)/C=C/c1cccc(N)c1. The lowest BCUT2D eigenvalue weighted by Crippen LogP contribution is -2.37. The number of carbonyl (C=O) groups excluding carboxylic acids is 1. The summed E-state index contributed by atoms with van der Waals surface area (Å²) >= 11 is 0. The molecule has 0 aliphatic rings. The Morgan fingerprint density at radius 1 is 1.50 bits per heavy atom. The largest absolute Gasteiger partial charge is 0.399 e. The fraction of sp³-hybridized carbons (Fsp3) is 0.357. The fourth-order valence-electron chi connectivity index (χ4n) is 1.41. The van der Waals surface area contributed by atoms with Crippen LogP contribution in [0.1, 0.15) is 19.4 Å². The maximum Gasteiger partial charge on any atom is 0.244 e. The molecule has 1 amide bonds. The average Bonchev–Trinajstić information content (AvgIpc) is 2.35. The maximum atomic E-state index is 11.6. The van der Waals surface area contributed by atoms with Gasteiger partial charge in [-0.15, -0.1) is 0 Å². The lowest BCUT2D eigenvalue weighted by atomic mass is 10.1. The van der Waals surface area contributed by atoms with Crippen LogP contribution in [-0.2, 0) is 4.79 Å². The van der Waals surface area contributed by atoms with Crippen LogP contribution in [-0.4, -0.2) is 23.7 Å². The predicted molar refractivity (Wildman–Crippen MR) is 73.7 cm³/mol. The van der Waals surface area contributed by atoms with Crippen LogP contribution in [0.25, 0.3) is 6.08 Å². The van der Waals surface area contributed by atoms with E-state index < -0.39 is 0 Å². The Bertz CT molecular complexity index is 430. The van der Waals surface area contributed by atoms with Gasteiger partial charge in [-0.1, -0.05) is 19.1 Å². The van der Waals surface area contributed by atoms with Gasteiger partial charge < -0.3 is 16.2 Å². The van der Waals surface area contributed by atoms with Crippen molar-refractivity contribution in [2.45, 2.75) is 19.9 Å². The Kier molecular flexibility index (Phi) is 5.39. The van der Waals surface area contributed by atoms with E-state index in [4.69, 9.17) is 10.8 Å². The van der Waals surface area contributed by atoms with Crippen LogP contribution in [0.5, 0.6) is 0 Å². The molecular formula is C14H20N2O2. The highest BCUT2D eigenvalue weighted by Gasteiger charge is 2.11. The number of rotatable bonds is 5. The van der Waals surface area contributed by atoms with Crippen LogP contribution in [0.15, 0.2) is 30.3 Å². The molecule has 0 saturated heterocycles. The summed E-state index contributed by atoms with van der Waals surface area (Å²) in [5.41, 5.74) is 7.19. The zero-order chi connectivity index (χ0) is 13.5. The molecule has 0 aliphatic heterocycles. The second kappa shape index (κ2) is 6.81. The topological polar surface area (TPSA) is 75.3 Å². The predicted octanol–water partition coefficient (Wildman–Crippen LogP) is 1.42. The van der Waals surface area contributed by atoms with Crippen molar-refractivity contribution in [1.29, 1.82) is 0 Å². The lowest BCUT2D eigenvalue weighted by Gasteiger charge is -2.18. The third-order valence-electron chi connectivity index (χ3n) is 2.85. The van der Waals surface area contributed by atoms with Gasteiger partial charge in [-0.05, 0) is 36.6 Å². The second-order valence-electron chi connectivity index (χ2n) is 4.46. The quantitative estimate of drug-likeness (QED) is 0.545. The number of nitrogen functional groups attached to an aromatic ring is 1. The minimum atomic E-state index is -0.176. The molecular weight excluding hydrogens is 228 g/mol. The summed E-state index contributed by atoms with van der Waals surface area (Å²) in [4.78, 5) is 11.6. The molecule has 4 nitrogen and oxygen atoms in total. The van der Waals surface area contributed by atoms with E-state index in [1.807, 2.05) is 26.0 Å². The van der Waals surface area contributed by atoms with E-state index in [-0.39, 0.29) is 24.5 Å². The fourth-order valence-corrected chi connectivity index (χ4v) is 1.41.